The third-order valence-electron chi connectivity index (χ3n) is 3.75. The normalized spacial score (nSPS) is 11.8. The maximum atomic E-state index is 12.6. The van der Waals surface area contributed by atoms with Gasteiger partial charge < -0.3 is 9.64 Å². The maximum Gasteiger partial charge on any atom is 0.235 e. The Labute approximate surface area is 149 Å². The zero-order chi connectivity index (χ0) is 17.4. The van der Waals surface area contributed by atoms with Crippen LogP contribution in [0.25, 0.3) is 0 Å². The van der Waals surface area contributed by atoms with Crippen LogP contribution in [0, 0.1) is 0 Å². The number of amides is 1. The Morgan fingerprint density at radius 1 is 1.12 bits per heavy atom. The quantitative estimate of drug-likeness (QED) is 0.713. The van der Waals surface area contributed by atoms with Crippen molar-refractivity contribution in [2.75, 3.05) is 13.7 Å². The average Bonchev–Trinajstić information content (AvgIpc) is 2.61. The van der Waals surface area contributed by atoms with Crippen molar-refractivity contribution in [2.45, 2.75) is 31.4 Å². The molecule has 1 atom stereocenters. The van der Waals surface area contributed by atoms with E-state index in [0.29, 0.717) is 13.2 Å². The first-order valence-electron chi connectivity index (χ1n) is 8.23. The Morgan fingerprint density at radius 3 is 2.50 bits per heavy atom. The number of para-hydroxylation sites is 1. The molecule has 0 aliphatic carbocycles. The molecule has 0 aliphatic heterocycles. The second kappa shape index (κ2) is 9.38. The van der Waals surface area contributed by atoms with Crippen LogP contribution in [0.2, 0.25) is 0 Å². The highest BCUT2D eigenvalue weighted by atomic mass is 32.2. The molecule has 2 rings (SSSR count). The molecule has 0 N–H and O–H groups in total. The van der Waals surface area contributed by atoms with Crippen molar-refractivity contribution in [3.05, 3.63) is 65.7 Å². The van der Waals surface area contributed by atoms with E-state index in [-0.39, 0.29) is 11.2 Å². The van der Waals surface area contributed by atoms with Gasteiger partial charge in [0.1, 0.15) is 5.75 Å². The third-order valence-corrected chi connectivity index (χ3v) is 4.93. The molecule has 0 aliphatic rings. The fraction of sp³-hybridized carbons (Fsp3) is 0.350. The molecule has 0 spiro atoms. The lowest BCUT2D eigenvalue weighted by atomic mass is 10.2. The lowest BCUT2D eigenvalue weighted by molar-refractivity contribution is -0.129. The van der Waals surface area contributed by atoms with Gasteiger partial charge in [-0.3, -0.25) is 4.79 Å². The largest absolute Gasteiger partial charge is 0.494 e. The van der Waals surface area contributed by atoms with Crippen LogP contribution in [0.15, 0.2) is 54.6 Å². The number of ether oxygens (including phenoxy) is 1. The Balaban J connectivity index is 1.89. The Bertz CT molecular complexity index is 645. The molecule has 2 aromatic carbocycles. The standard InChI is InChI=1S/C20H25NO2S/c1-4-23-19-13-9-8-12-18(19)15-24-16(2)20(22)21(3)14-17-10-6-5-7-11-17/h5-13,16H,4,14-15H2,1-3H3. The lowest BCUT2D eigenvalue weighted by Gasteiger charge is -2.21. The number of hydrogen-bond acceptors (Lipinski definition) is 3. The summed E-state index contributed by atoms with van der Waals surface area (Å²) in [6.07, 6.45) is 0. The van der Waals surface area contributed by atoms with E-state index in [0.717, 1.165) is 22.6 Å². The Morgan fingerprint density at radius 2 is 1.79 bits per heavy atom. The molecule has 1 unspecified atom stereocenters. The SMILES string of the molecule is CCOc1ccccc1CSC(C)C(=O)N(C)Cc1ccccc1. The predicted molar refractivity (Wildman–Crippen MR) is 101 cm³/mol. The van der Waals surface area contributed by atoms with E-state index in [2.05, 4.69) is 6.07 Å². The highest BCUT2D eigenvalue weighted by Gasteiger charge is 2.18. The minimum atomic E-state index is -0.0894. The zero-order valence-corrected chi connectivity index (χ0v) is 15.4. The van der Waals surface area contributed by atoms with Crippen molar-refractivity contribution in [3.63, 3.8) is 0 Å². The van der Waals surface area contributed by atoms with Gasteiger partial charge in [-0.15, -0.1) is 11.8 Å². The fourth-order valence-electron chi connectivity index (χ4n) is 2.45. The Hall–Kier alpha value is -1.94. The molecular formula is C20H25NO2S. The van der Waals surface area contributed by atoms with Crippen molar-refractivity contribution in [1.82, 2.24) is 4.90 Å². The van der Waals surface area contributed by atoms with Crippen molar-refractivity contribution in [1.29, 1.82) is 0 Å². The van der Waals surface area contributed by atoms with Crippen molar-refractivity contribution in [2.24, 2.45) is 0 Å². The molecule has 0 fully saturated rings. The summed E-state index contributed by atoms with van der Waals surface area (Å²) in [5.74, 6) is 1.82. The smallest absolute Gasteiger partial charge is 0.235 e. The van der Waals surface area contributed by atoms with E-state index < -0.39 is 0 Å². The van der Waals surface area contributed by atoms with Gasteiger partial charge in [-0.05, 0) is 25.5 Å². The van der Waals surface area contributed by atoms with Crippen molar-refractivity contribution >= 4 is 17.7 Å². The van der Waals surface area contributed by atoms with Gasteiger partial charge >= 0.3 is 0 Å². The first-order valence-corrected chi connectivity index (χ1v) is 9.28. The molecule has 0 heterocycles. The van der Waals surface area contributed by atoms with Gasteiger partial charge in [-0.2, -0.15) is 0 Å². The molecule has 128 valence electrons. The van der Waals surface area contributed by atoms with Crippen LogP contribution in [-0.4, -0.2) is 29.7 Å². The van der Waals surface area contributed by atoms with Gasteiger partial charge in [0.2, 0.25) is 5.91 Å². The zero-order valence-electron chi connectivity index (χ0n) is 14.6. The molecule has 0 saturated heterocycles. The number of hydrogen-bond donors (Lipinski definition) is 0. The first kappa shape index (κ1) is 18.4. The van der Waals surface area contributed by atoms with E-state index in [1.54, 1.807) is 16.7 Å². The summed E-state index contributed by atoms with van der Waals surface area (Å²) in [6, 6.07) is 18.1. The maximum absolute atomic E-state index is 12.6. The number of thioether (sulfide) groups is 1. The highest BCUT2D eigenvalue weighted by molar-refractivity contribution is 7.99. The van der Waals surface area contributed by atoms with Gasteiger partial charge in [-0.1, -0.05) is 48.5 Å². The molecule has 1 amide bonds. The fourth-order valence-corrected chi connectivity index (χ4v) is 3.44. The topological polar surface area (TPSA) is 29.5 Å². The van der Waals surface area contributed by atoms with Crippen LogP contribution in [0.3, 0.4) is 0 Å². The summed E-state index contributed by atoms with van der Waals surface area (Å²) in [5.41, 5.74) is 2.28. The third kappa shape index (κ3) is 5.31. The molecule has 0 saturated carbocycles. The van der Waals surface area contributed by atoms with Gasteiger partial charge in [-0.25, -0.2) is 0 Å². The van der Waals surface area contributed by atoms with Gasteiger partial charge in [0.15, 0.2) is 0 Å². The highest BCUT2D eigenvalue weighted by Crippen LogP contribution is 2.26. The molecule has 0 aromatic heterocycles. The monoisotopic (exact) mass is 343 g/mol. The summed E-state index contributed by atoms with van der Waals surface area (Å²) < 4.78 is 5.65. The molecular weight excluding hydrogens is 318 g/mol. The molecule has 3 nitrogen and oxygen atoms in total. The van der Waals surface area contributed by atoms with Crippen LogP contribution in [0.4, 0.5) is 0 Å². The molecule has 2 aromatic rings. The number of benzene rings is 2. The molecule has 0 radical (unpaired) electrons. The molecule has 4 heteroatoms. The average molecular weight is 343 g/mol. The summed E-state index contributed by atoms with van der Waals surface area (Å²) in [4.78, 5) is 14.3. The predicted octanol–water partition coefficient (Wildman–Crippen LogP) is 4.37. The van der Waals surface area contributed by atoms with E-state index in [9.17, 15) is 4.79 Å². The Kier molecular flexibility index (Phi) is 7.19. The minimum Gasteiger partial charge on any atom is -0.494 e. The van der Waals surface area contributed by atoms with Gasteiger partial charge in [0.05, 0.1) is 11.9 Å². The second-order valence-corrected chi connectivity index (χ2v) is 7.00. The number of carbonyl (C=O) groups is 1. The van der Waals surface area contributed by atoms with E-state index >= 15 is 0 Å². The second-order valence-electron chi connectivity index (χ2n) is 5.67. The summed E-state index contributed by atoms with van der Waals surface area (Å²) >= 11 is 1.65. The summed E-state index contributed by atoms with van der Waals surface area (Å²) in [7, 11) is 1.86. The summed E-state index contributed by atoms with van der Waals surface area (Å²) in [6.45, 7) is 5.24. The van der Waals surface area contributed by atoms with Gasteiger partial charge in [0, 0.05) is 24.9 Å². The van der Waals surface area contributed by atoms with Crippen molar-refractivity contribution in [3.8, 4) is 5.75 Å². The number of rotatable bonds is 8. The molecule has 0 bridgehead atoms. The van der Waals surface area contributed by atoms with Crippen LogP contribution < -0.4 is 4.74 Å². The van der Waals surface area contributed by atoms with Gasteiger partial charge in [0.25, 0.3) is 0 Å². The van der Waals surface area contributed by atoms with Crippen LogP contribution in [0.5, 0.6) is 5.75 Å². The first-order chi connectivity index (χ1) is 11.6. The molecule has 24 heavy (non-hydrogen) atoms. The number of carbonyl (C=O) groups excluding carboxylic acids is 1. The van der Waals surface area contributed by atoms with Crippen LogP contribution in [0.1, 0.15) is 25.0 Å². The van der Waals surface area contributed by atoms with Crippen LogP contribution >= 0.6 is 11.8 Å². The minimum absolute atomic E-state index is 0.0894. The number of nitrogens with zero attached hydrogens (tertiary/aromatic N) is 1. The van der Waals surface area contributed by atoms with E-state index in [4.69, 9.17) is 4.74 Å². The van der Waals surface area contributed by atoms with Crippen molar-refractivity contribution < 1.29 is 9.53 Å². The van der Waals surface area contributed by atoms with E-state index in [1.165, 1.54) is 0 Å². The van der Waals surface area contributed by atoms with Crippen LogP contribution in [-0.2, 0) is 17.1 Å². The summed E-state index contributed by atoms with van der Waals surface area (Å²) in [5, 5.41) is -0.0894. The lowest BCUT2D eigenvalue weighted by Crippen LogP contribution is -2.32. The van der Waals surface area contributed by atoms with E-state index in [1.807, 2.05) is 69.4 Å².